The van der Waals surface area contributed by atoms with Crippen LogP contribution in [0.3, 0.4) is 0 Å². The summed E-state index contributed by atoms with van der Waals surface area (Å²) >= 11 is 0. The van der Waals surface area contributed by atoms with Gasteiger partial charge >= 0.3 is 0 Å². The summed E-state index contributed by atoms with van der Waals surface area (Å²) in [5.74, 6) is 0.0407. The van der Waals surface area contributed by atoms with E-state index in [0.29, 0.717) is 35.9 Å². The van der Waals surface area contributed by atoms with Gasteiger partial charge in [0, 0.05) is 31.2 Å². The molecule has 0 N–H and O–H groups in total. The van der Waals surface area contributed by atoms with E-state index in [2.05, 4.69) is 18.1 Å². The number of carbonyl (C=O) groups excluding carboxylic acids is 1. The minimum atomic E-state index is -3.53. The number of amides is 1. The molecule has 156 valence electrons. The van der Waals surface area contributed by atoms with E-state index in [1.54, 1.807) is 22.8 Å². The molecule has 0 saturated carbocycles. The lowest BCUT2D eigenvalue weighted by Gasteiger charge is -2.23. The van der Waals surface area contributed by atoms with Gasteiger partial charge in [0.25, 0.3) is 0 Å². The Morgan fingerprint density at radius 1 is 1.17 bits per heavy atom. The zero-order valence-corrected chi connectivity index (χ0v) is 18.1. The van der Waals surface area contributed by atoms with E-state index in [9.17, 15) is 13.2 Å². The molecule has 0 radical (unpaired) electrons. The molecule has 29 heavy (non-hydrogen) atoms. The van der Waals surface area contributed by atoms with Crippen LogP contribution in [0.1, 0.15) is 43.1 Å². The monoisotopic (exact) mass is 416 g/mol. The third kappa shape index (κ3) is 3.48. The van der Waals surface area contributed by atoms with Gasteiger partial charge in [0.05, 0.1) is 17.9 Å². The van der Waals surface area contributed by atoms with Crippen LogP contribution in [0.4, 0.5) is 5.69 Å². The average Bonchev–Trinajstić information content (AvgIpc) is 3.37. The van der Waals surface area contributed by atoms with Gasteiger partial charge in [-0.1, -0.05) is 18.2 Å². The molecule has 1 aromatic heterocycles. The van der Waals surface area contributed by atoms with Crippen LogP contribution in [0.15, 0.2) is 29.2 Å². The highest BCUT2D eigenvalue weighted by Gasteiger charge is 2.33. The van der Waals surface area contributed by atoms with Crippen molar-refractivity contribution in [3.8, 4) is 0 Å². The number of hydrogen-bond donors (Lipinski definition) is 0. The Bertz CT molecular complexity index is 1040. The first kappa shape index (κ1) is 20.1. The fraction of sp³-hybridized carbons (Fsp3) is 0.524. The Balaban J connectivity index is 1.52. The molecule has 0 spiro atoms. The summed E-state index contributed by atoms with van der Waals surface area (Å²) in [4.78, 5) is 15.1. The molecule has 1 aromatic carbocycles. The number of para-hydroxylation sites is 1. The Morgan fingerprint density at radius 2 is 1.86 bits per heavy atom. The average molecular weight is 417 g/mol. The smallest absolute Gasteiger partial charge is 0.246 e. The lowest BCUT2D eigenvalue weighted by Crippen LogP contribution is -2.36. The summed E-state index contributed by atoms with van der Waals surface area (Å²) < 4.78 is 29.2. The molecule has 1 fully saturated rings. The molecule has 1 unspecified atom stereocenters. The van der Waals surface area contributed by atoms with Crippen molar-refractivity contribution in [3.63, 3.8) is 0 Å². The molecule has 1 atom stereocenters. The zero-order chi connectivity index (χ0) is 20.8. The molecule has 2 aliphatic heterocycles. The summed E-state index contributed by atoms with van der Waals surface area (Å²) in [5.41, 5.74) is 3.29. The maximum Gasteiger partial charge on any atom is 0.246 e. The lowest BCUT2D eigenvalue weighted by atomic mass is 10.1. The second-order valence-corrected chi connectivity index (χ2v) is 9.90. The summed E-state index contributed by atoms with van der Waals surface area (Å²) in [6.07, 6.45) is 2.94. The van der Waals surface area contributed by atoms with Gasteiger partial charge in [0.2, 0.25) is 15.9 Å². The van der Waals surface area contributed by atoms with E-state index in [0.717, 1.165) is 24.9 Å². The fourth-order valence-corrected chi connectivity index (χ4v) is 6.49. The second-order valence-electron chi connectivity index (χ2n) is 8.03. The molecular weight excluding hydrogens is 388 g/mol. The van der Waals surface area contributed by atoms with Gasteiger partial charge in [-0.15, -0.1) is 0 Å². The number of carbonyl (C=O) groups is 1. The summed E-state index contributed by atoms with van der Waals surface area (Å²) in [5, 5.41) is 4.45. The summed E-state index contributed by atoms with van der Waals surface area (Å²) in [6, 6.07) is 8.13. The maximum absolute atomic E-state index is 13.0. The van der Waals surface area contributed by atoms with Crippen LogP contribution in [-0.4, -0.2) is 47.5 Å². The predicted molar refractivity (Wildman–Crippen MR) is 111 cm³/mol. The van der Waals surface area contributed by atoms with Crippen molar-refractivity contribution in [3.05, 3.63) is 41.2 Å². The van der Waals surface area contributed by atoms with Crippen molar-refractivity contribution >= 4 is 21.6 Å². The molecule has 4 rings (SSSR count). The van der Waals surface area contributed by atoms with Crippen LogP contribution in [0.25, 0.3) is 0 Å². The van der Waals surface area contributed by atoms with Crippen LogP contribution in [-0.2, 0) is 27.8 Å². The SMILES string of the molecule is Cc1nn(CCC(=O)N2c3ccccc3CC2C)c(C)c1S(=O)(=O)N1CCCC1. The maximum atomic E-state index is 13.0. The first-order chi connectivity index (χ1) is 13.8. The first-order valence-electron chi connectivity index (χ1n) is 10.2. The van der Waals surface area contributed by atoms with Crippen LogP contribution < -0.4 is 4.90 Å². The number of hydrogen-bond acceptors (Lipinski definition) is 4. The van der Waals surface area contributed by atoms with Gasteiger partial charge in [-0.25, -0.2) is 8.42 Å². The predicted octanol–water partition coefficient (Wildman–Crippen LogP) is 2.65. The van der Waals surface area contributed by atoms with Gasteiger partial charge in [-0.05, 0) is 51.7 Å². The molecular formula is C21H28N4O3S. The molecule has 2 aliphatic rings. The second kappa shape index (κ2) is 7.57. The van der Waals surface area contributed by atoms with Gasteiger partial charge < -0.3 is 4.90 Å². The highest BCUT2D eigenvalue weighted by molar-refractivity contribution is 7.89. The van der Waals surface area contributed by atoms with E-state index in [-0.39, 0.29) is 18.4 Å². The number of aryl methyl sites for hydroxylation is 2. The van der Waals surface area contributed by atoms with Crippen molar-refractivity contribution in [1.82, 2.24) is 14.1 Å². The number of anilines is 1. The number of rotatable bonds is 5. The van der Waals surface area contributed by atoms with E-state index < -0.39 is 10.0 Å². The van der Waals surface area contributed by atoms with Crippen LogP contribution >= 0.6 is 0 Å². The number of nitrogens with zero attached hydrogens (tertiary/aromatic N) is 4. The topological polar surface area (TPSA) is 75.5 Å². The first-order valence-corrected chi connectivity index (χ1v) is 11.7. The lowest BCUT2D eigenvalue weighted by molar-refractivity contribution is -0.119. The molecule has 2 aromatic rings. The zero-order valence-electron chi connectivity index (χ0n) is 17.3. The Kier molecular flexibility index (Phi) is 5.25. The molecule has 1 saturated heterocycles. The standard InChI is InChI=1S/C21H28N4O3S/c1-15-14-18-8-4-5-9-19(18)25(15)20(26)10-13-24-17(3)21(16(2)22-24)29(27,28)23-11-6-7-12-23/h4-5,8-9,15H,6-7,10-14H2,1-3H3. The molecule has 8 heteroatoms. The molecule has 0 bridgehead atoms. The third-order valence-corrected chi connectivity index (χ3v) is 8.14. The number of fused-ring (bicyclic) bond motifs is 1. The summed E-state index contributed by atoms with van der Waals surface area (Å²) in [7, 11) is -3.53. The van der Waals surface area contributed by atoms with E-state index in [1.165, 1.54) is 5.56 Å². The van der Waals surface area contributed by atoms with Gasteiger partial charge in [0.15, 0.2) is 0 Å². The van der Waals surface area contributed by atoms with E-state index in [1.807, 2.05) is 23.1 Å². The van der Waals surface area contributed by atoms with Crippen LogP contribution in [0.2, 0.25) is 0 Å². The highest BCUT2D eigenvalue weighted by Crippen LogP contribution is 2.32. The van der Waals surface area contributed by atoms with Gasteiger partial charge in [-0.2, -0.15) is 9.40 Å². The summed E-state index contributed by atoms with van der Waals surface area (Å²) in [6.45, 7) is 7.07. The van der Waals surface area contributed by atoms with E-state index in [4.69, 9.17) is 0 Å². The van der Waals surface area contributed by atoms with Crippen molar-refractivity contribution < 1.29 is 13.2 Å². The Morgan fingerprint density at radius 3 is 2.59 bits per heavy atom. The minimum absolute atomic E-state index is 0.0407. The third-order valence-electron chi connectivity index (χ3n) is 5.99. The van der Waals surface area contributed by atoms with Crippen molar-refractivity contribution in [2.75, 3.05) is 18.0 Å². The molecule has 0 aliphatic carbocycles. The quantitative estimate of drug-likeness (QED) is 0.751. The highest BCUT2D eigenvalue weighted by atomic mass is 32.2. The minimum Gasteiger partial charge on any atom is -0.309 e. The Labute approximate surface area is 172 Å². The molecule has 3 heterocycles. The number of aromatic nitrogens is 2. The number of sulfonamides is 1. The largest absolute Gasteiger partial charge is 0.309 e. The van der Waals surface area contributed by atoms with Crippen molar-refractivity contribution in [2.24, 2.45) is 0 Å². The molecule has 7 nitrogen and oxygen atoms in total. The Hall–Kier alpha value is -2.19. The normalized spacial score (nSPS) is 19.7. The van der Waals surface area contributed by atoms with E-state index >= 15 is 0 Å². The van der Waals surface area contributed by atoms with Gasteiger partial charge in [0.1, 0.15) is 4.90 Å². The van der Waals surface area contributed by atoms with Crippen molar-refractivity contribution in [1.29, 1.82) is 0 Å². The molecule has 1 amide bonds. The van der Waals surface area contributed by atoms with Crippen molar-refractivity contribution in [2.45, 2.75) is 63.9 Å². The van der Waals surface area contributed by atoms with Gasteiger partial charge in [-0.3, -0.25) is 9.48 Å². The number of benzene rings is 1. The van der Waals surface area contributed by atoms with Crippen LogP contribution in [0.5, 0.6) is 0 Å². The van der Waals surface area contributed by atoms with Crippen LogP contribution in [0, 0.1) is 13.8 Å². The fourth-order valence-electron chi connectivity index (χ4n) is 4.60.